The molecule has 1 aliphatic carbocycles. The van der Waals surface area contributed by atoms with Crippen LogP contribution in [-0.2, 0) is 4.79 Å². The third-order valence-electron chi connectivity index (χ3n) is 4.79. The Morgan fingerprint density at radius 3 is 2.50 bits per heavy atom. The second-order valence-corrected chi connectivity index (χ2v) is 5.32. The van der Waals surface area contributed by atoms with Gasteiger partial charge in [-0.25, -0.2) is 0 Å². The molecule has 0 radical (unpaired) electrons. The molecule has 4 rings (SSSR count). The summed E-state index contributed by atoms with van der Waals surface area (Å²) in [6, 6.07) is 0.639. The van der Waals surface area contributed by atoms with Crippen LogP contribution < -0.4 is 0 Å². The smallest absolute Gasteiger partial charge is 0.134 e. The molecular weight excluding hydrogens is 174 g/mol. The van der Waals surface area contributed by atoms with Gasteiger partial charge < -0.3 is 0 Å². The highest BCUT2D eigenvalue weighted by Crippen LogP contribution is 2.48. The number of rotatable bonds is 1. The van der Waals surface area contributed by atoms with Crippen LogP contribution in [0.4, 0.5) is 0 Å². The first kappa shape index (κ1) is 8.90. The molecule has 3 aliphatic heterocycles. The molecule has 0 aromatic carbocycles. The zero-order chi connectivity index (χ0) is 9.71. The van der Waals surface area contributed by atoms with E-state index in [1.54, 1.807) is 6.92 Å². The van der Waals surface area contributed by atoms with Gasteiger partial charge in [-0.2, -0.15) is 0 Å². The molecular formula is C12H19NO. The molecule has 0 aromatic heterocycles. The largest absolute Gasteiger partial charge is 0.300 e. The van der Waals surface area contributed by atoms with Crippen molar-refractivity contribution in [1.29, 1.82) is 0 Å². The van der Waals surface area contributed by atoms with Gasteiger partial charge in [0.25, 0.3) is 0 Å². The first-order valence-electron chi connectivity index (χ1n) is 6.02. The van der Waals surface area contributed by atoms with E-state index in [9.17, 15) is 4.79 Å². The standard InChI is InChI=1S/C12H19NO/c1-8(14)10-2-3-11-9-4-6-13(7-5-9)12(10)11/h9-12H,2-7H2,1H3. The number of fused-ring (bicyclic) bond motifs is 2. The lowest BCUT2D eigenvalue weighted by molar-refractivity contribution is -0.124. The van der Waals surface area contributed by atoms with Crippen LogP contribution in [0.1, 0.15) is 32.6 Å². The van der Waals surface area contributed by atoms with Gasteiger partial charge in [-0.05, 0) is 57.5 Å². The maximum atomic E-state index is 11.6. The minimum atomic E-state index is 0.378. The molecule has 2 heteroatoms. The topological polar surface area (TPSA) is 20.3 Å². The molecule has 1 saturated carbocycles. The van der Waals surface area contributed by atoms with Crippen molar-refractivity contribution in [2.45, 2.75) is 38.6 Å². The average Bonchev–Trinajstić information content (AvgIpc) is 2.65. The first-order valence-corrected chi connectivity index (χ1v) is 6.02. The molecule has 2 nitrogen and oxygen atoms in total. The molecule has 0 amide bonds. The SMILES string of the molecule is CC(=O)C1CCC2C3CCN(CC3)C12. The number of hydrogen-bond donors (Lipinski definition) is 0. The van der Waals surface area contributed by atoms with Crippen LogP contribution in [-0.4, -0.2) is 29.8 Å². The van der Waals surface area contributed by atoms with Crippen LogP contribution in [0.3, 0.4) is 0 Å². The number of nitrogens with zero attached hydrogens (tertiary/aromatic N) is 1. The van der Waals surface area contributed by atoms with Gasteiger partial charge in [-0.15, -0.1) is 0 Å². The number of piperidine rings is 3. The zero-order valence-electron chi connectivity index (χ0n) is 8.91. The van der Waals surface area contributed by atoms with Crippen LogP contribution in [0.5, 0.6) is 0 Å². The molecule has 4 fully saturated rings. The second-order valence-electron chi connectivity index (χ2n) is 5.32. The Kier molecular flexibility index (Phi) is 1.94. The fraction of sp³-hybridized carbons (Fsp3) is 0.917. The highest BCUT2D eigenvalue weighted by molar-refractivity contribution is 5.79. The Labute approximate surface area is 85.7 Å². The average molecular weight is 193 g/mol. The quantitative estimate of drug-likeness (QED) is 0.631. The fourth-order valence-corrected chi connectivity index (χ4v) is 4.14. The van der Waals surface area contributed by atoms with Crippen molar-refractivity contribution in [2.24, 2.45) is 17.8 Å². The number of ketones is 1. The fourth-order valence-electron chi connectivity index (χ4n) is 4.14. The summed E-state index contributed by atoms with van der Waals surface area (Å²) >= 11 is 0. The van der Waals surface area contributed by atoms with E-state index >= 15 is 0 Å². The van der Waals surface area contributed by atoms with Gasteiger partial charge in [-0.3, -0.25) is 9.69 Å². The van der Waals surface area contributed by atoms with Crippen molar-refractivity contribution >= 4 is 5.78 Å². The van der Waals surface area contributed by atoms with Crippen LogP contribution in [0, 0.1) is 17.8 Å². The summed E-state index contributed by atoms with van der Waals surface area (Å²) in [7, 11) is 0. The third kappa shape index (κ3) is 1.10. The van der Waals surface area contributed by atoms with Gasteiger partial charge in [0.1, 0.15) is 5.78 Å². The van der Waals surface area contributed by atoms with Gasteiger partial charge in [0.05, 0.1) is 0 Å². The summed E-state index contributed by atoms with van der Waals surface area (Å²) in [4.78, 5) is 14.2. The molecule has 0 N–H and O–H groups in total. The number of carbonyl (C=O) groups excluding carboxylic acids is 1. The van der Waals surface area contributed by atoms with Crippen LogP contribution >= 0.6 is 0 Å². The molecule has 0 spiro atoms. The summed E-state index contributed by atoms with van der Waals surface area (Å²) in [6.07, 6.45) is 5.27. The lowest BCUT2D eigenvalue weighted by Crippen LogP contribution is -2.55. The van der Waals surface area contributed by atoms with Crippen molar-refractivity contribution < 1.29 is 4.79 Å². The molecule has 0 aromatic rings. The first-order chi connectivity index (χ1) is 6.77. The minimum Gasteiger partial charge on any atom is -0.300 e. The molecule has 3 unspecified atom stereocenters. The van der Waals surface area contributed by atoms with E-state index in [1.807, 2.05) is 0 Å². The van der Waals surface area contributed by atoms with Crippen molar-refractivity contribution in [1.82, 2.24) is 4.90 Å². The highest BCUT2D eigenvalue weighted by atomic mass is 16.1. The predicted molar refractivity (Wildman–Crippen MR) is 55.0 cm³/mol. The highest BCUT2D eigenvalue weighted by Gasteiger charge is 2.50. The normalized spacial score (nSPS) is 50.5. The van der Waals surface area contributed by atoms with E-state index in [-0.39, 0.29) is 0 Å². The second kappa shape index (κ2) is 3.06. The Hall–Kier alpha value is -0.370. The zero-order valence-corrected chi connectivity index (χ0v) is 8.91. The summed E-state index contributed by atoms with van der Waals surface area (Å²) in [6.45, 7) is 4.31. The van der Waals surface area contributed by atoms with Gasteiger partial charge in [0.15, 0.2) is 0 Å². The van der Waals surface area contributed by atoms with Gasteiger partial charge >= 0.3 is 0 Å². The molecule has 4 aliphatic rings. The molecule has 3 saturated heterocycles. The molecule has 3 atom stereocenters. The van der Waals surface area contributed by atoms with E-state index in [2.05, 4.69) is 4.90 Å². The lowest BCUT2D eigenvalue weighted by Gasteiger charge is -2.49. The van der Waals surface area contributed by atoms with E-state index < -0.39 is 0 Å². The molecule has 2 bridgehead atoms. The monoisotopic (exact) mass is 193 g/mol. The third-order valence-corrected chi connectivity index (χ3v) is 4.79. The summed E-state index contributed by atoms with van der Waals surface area (Å²) < 4.78 is 0. The summed E-state index contributed by atoms with van der Waals surface area (Å²) in [5, 5.41) is 0. The molecule has 3 heterocycles. The van der Waals surface area contributed by atoms with E-state index in [0.717, 1.165) is 18.3 Å². The van der Waals surface area contributed by atoms with Crippen LogP contribution in [0.15, 0.2) is 0 Å². The Morgan fingerprint density at radius 2 is 1.86 bits per heavy atom. The summed E-state index contributed by atoms with van der Waals surface area (Å²) in [5.41, 5.74) is 0. The van der Waals surface area contributed by atoms with E-state index in [4.69, 9.17) is 0 Å². The molecule has 78 valence electrons. The number of Topliss-reactive ketones (excluding diaryl/α,β-unsaturated/α-hetero) is 1. The van der Waals surface area contributed by atoms with Crippen molar-refractivity contribution in [3.8, 4) is 0 Å². The number of carbonyl (C=O) groups is 1. The minimum absolute atomic E-state index is 0.378. The van der Waals surface area contributed by atoms with Crippen LogP contribution in [0.25, 0.3) is 0 Å². The lowest BCUT2D eigenvalue weighted by atomic mass is 9.73. The summed E-state index contributed by atoms with van der Waals surface area (Å²) in [5.74, 6) is 2.63. The number of hydrogen-bond acceptors (Lipinski definition) is 2. The van der Waals surface area contributed by atoms with Gasteiger partial charge in [-0.1, -0.05) is 0 Å². The van der Waals surface area contributed by atoms with Crippen molar-refractivity contribution in [3.05, 3.63) is 0 Å². The van der Waals surface area contributed by atoms with E-state index in [1.165, 1.54) is 32.4 Å². The maximum Gasteiger partial charge on any atom is 0.134 e. The van der Waals surface area contributed by atoms with Crippen molar-refractivity contribution in [2.75, 3.05) is 13.1 Å². The van der Waals surface area contributed by atoms with Crippen molar-refractivity contribution in [3.63, 3.8) is 0 Å². The Morgan fingerprint density at radius 1 is 1.14 bits per heavy atom. The predicted octanol–water partition coefficient (Wildman–Crippen LogP) is 1.70. The van der Waals surface area contributed by atoms with Crippen LogP contribution in [0.2, 0.25) is 0 Å². The molecule has 14 heavy (non-hydrogen) atoms. The van der Waals surface area contributed by atoms with E-state index in [0.29, 0.717) is 17.7 Å². The Bertz CT molecular complexity index is 255. The Balaban J connectivity index is 1.87. The maximum absolute atomic E-state index is 11.6. The van der Waals surface area contributed by atoms with Gasteiger partial charge in [0.2, 0.25) is 0 Å². The van der Waals surface area contributed by atoms with Gasteiger partial charge in [0, 0.05) is 12.0 Å².